The third-order valence-corrected chi connectivity index (χ3v) is 10.5. The molecule has 8 aromatic carbocycles. The lowest BCUT2D eigenvalue weighted by atomic mass is 10.00. The second kappa shape index (κ2) is 11.2. The van der Waals surface area contributed by atoms with E-state index in [1.807, 2.05) is 0 Å². The topological polar surface area (TPSA) is 35.6 Å². The van der Waals surface area contributed by atoms with Gasteiger partial charge < -0.3 is 4.57 Å². The van der Waals surface area contributed by atoms with E-state index in [-0.39, 0.29) is 0 Å². The Kier molecular flexibility index (Phi) is 6.22. The number of aromatic nitrogens is 4. The number of benzene rings is 8. The highest BCUT2D eigenvalue weighted by atomic mass is 15.2. The third-order valence-electron chi connectivity index (χ3n) is 10.5. The molecule has 0 aliphatic heterocycles. The van der Waals surface area contributed by atoms with Gasteiger partial charge in [0.2, 0.25) is 5.95 Å². The van der Waals surface area contributed by atoms with E-state index >= 15 is 0 Å². The van der Waals surface area contributed by atoms with Gasteiger partial charge in [-0.15, -0.1) is 0 Å². The molecule has 242 valence electrons. The molecule has 0 aliphatic rings. The van der Waals surface area contributed by atoms with Crippen LogP contribution < -0.4 is 0 Å². The fourth-order valence-corrected chi connectivity index (χ4v) is 8.19. The molecule has 0 saturated heterocycles. The van der Waals surface area contributed by atoms with Crippen LogP contribution in [0.4, 0.5) is 0 Å². The van der Waals surface area contributed by atoms with Crippen molar-refractivity contribution in [2.75, 3.05) is 0 Å². The second-order valence-electron chi connectivity index (χ2n) is 13.4. The molecule has 4 heteroatoms. The van der Waals surface area contributed by atoms with Crippen LogP contribution in [-0.2, 0) is 0 Å². The summed E-state index contributed by atoms with van der Waals surface area (Å²) in [6, 6.07) is 64.9. The minimum atomic E-state index is 0.652. The molecule has 0 spiro atoms. The molecule has 0 saturated carbocycles. The molecular weight excluding hydrogens is 633 g/mol. The van der Waals surface area contributed by atoms with Gasteiger partial charge in [0, 0.05) is 38.2 Å². The Bertz CT molecular complexity index is 3130. The van der Waals surface area contributed by atoms with Gasteiger partial charge in [-0.1, -0.05) is 133 Å². The van der Waals surface area contributed by atoms with E-state index in [4.69, 9.17) is 9.97 Å². The van der Waals surface area contributed by atoms with Crippen LogP contribution in [0.1, 0.15) is 0 Å². The molecule has 0 atom stereocenters. The minimum Gasteiger partial charge on any atom is -0.309 e. The predicted octanol–water partition coefficient (Wildman–Crippen LogP) is 12.3. The lowest BCUT2D eigenvalue weighted by Crippen LogP contribution is -2.03. The third kappa shape index (κ3) is 4.28. The normalized spacial score (nSPS) is 11.8. The predicted molar refractivity (Wildman–Crippen MR) is 217 cm³/mol. The number of hydrogen-bond donors (Lipinski definition) is 0. The van der Waals surface area contributed by atoms with E-state index in [0.29, 0.717) is 5.95 Å². The summed E-state index contributed by atoms with van der Waals surface area (Å²) in [5.41, 5.74) is 10.9. The Morgan fingerprint density at radius 1 is 0.346 bits per heavy atom. The van der Waals surface area contributed by atoms with Gasteiger partial charge >= 0.3 is 0 Å². The Labute approximate surface area is 299 Å². The number of para-hydroxylation sites is 3. The van der Waals surface area contributed by atoms with Crippen molar-refractivity contribution >= 4 is 65.3 Å². The van der Waals surface area contributed by atoms with Crippen LogP contribution in [0, 0.1) is 0 Å². The molecule has 0 unspecified atom stereocenters. The number of rotatable bonds is 4. The van der Waals surface area contributed by atoms with Crippen molar-refractivity contribution in [3.63, 3.8) is 0 Å². The zero-order valence-electron chi connectivity index (χ0n) is 28.1. The summed E-state index contributed by atoms with van der Waals surface area (Å²) in [5, 5.41) is 8.29. The van der Waals surface area contributed by atoms with Crippen LogP contribution in [0.25, 0.3) is 99.3 Å². The average molecular weight is 663 g/mol. The minimum absolute atomic E-state index is 0.652. The van der Waals surface area contributed by atoms with E-state index in [0.717, 1.165) is 49.8 Å². The second-order valence-corrected chi connectivity index (χ2v) is 13.4. The highest BCUT2D eigenvalue weighted by Gasteiger charge is 2.20. The summed E-state index contributed by atoms with van der Waals surface area (Å²) in [5.74, 6) is 0.652. The summed E-state index contributed by atoms with van der Waals surface area (Å²) in [6.45, 7) is 0. The summed E-state index contributed by atoms with van der Waals surface area (Å²) < 4.78 is 4.65. The fraction of sp³-hybridized carbons (Fsp3) is 0. The molecule has 3 heterocycles. The zero-order chi connectivity index (χ0) is 34.2. The van der Waals surface area contributed by atoms with Crippen LogP contribution in [-0.4, -0.2) is 19.1 Å². The van der Waals surface area contributed by atoms with Crippen molar-refractivity contribution in [2.45, 2.75) is 0 Å². The molecule has 0 aliphatic carbocycles. The van der Waals surface area contributed by atoms with Gasteiger partial charge in [0.05, 0.1) is 33.3 Å². The van der Waals surface area contributed by atoms with Crippen molar-refractivity contribution in [1.82, 2.24) is 19.1 Å². The van der Waals surface area contributed by atoms with Crippen LogP contribution in [0.3, 0.4) is 0 Å². The summed E-state index contributed by atoms with van der Waals surface area (Å²) in [4.78, 5) is 10.7. The van der Waals surface area contributed by atoms with Gasteiger partial charge in [0.1, 0.15) is 0 Å². The van der Waals surface area contributed by atoms with Gasteiger partial charge in [-0.25, -0.2) is 9.97 Å². The standard InChI is InChI=1S/C48H30N4/c1-2-13-31(14-3-1)33-16-12-17-34(29-33)47-39-21-6-9-22-41(39)49-48(50-47)52-44-28-26-35(30-40(44)46-36-18-5-4-15-32(36)25-27-45(46)52)51-42-23-10-7-19-37(42)38-20-8-11-24-43(38)51/h1-30H. The molecule has 0 amide bonds. The molecular formula is C48H30N4. The highest BCUT2D eigenvalue weighted by molar-refractivity contribution is 6.22. The van der Waals surface area contributed by atoms with Gasteiger partial charge in [-0.3, -0.25) is 4.57 Å². The number of nitrogens with zero attached hydrogens (tertiary/aromatic N) is 4. The average Bonchev–Trinajstić information content (AvgIpc) is 3.74. The quantitative estimate of drug-likeness (QED) is 0.188. The van der Waals surface area contributed by atoms with Crippen LogP contribution in [0.2, 0.25) is 0 Å². The Morgan fingerprint density at radius 2 is 0.962 bits per heavy atom. The first-order chi connectivity index (χ1) is 25.8. The van der Waals surface area contributed by atoms with Gasteiger partial charge in [0.25, 0.3) is 0 Å². The summed E-state index contributed by atoms with van der Waals surface area (Å²) >= 11 is 0. The fourth-order valence-electron chi connectivity index (χ4n) is 8.19. The molecule has 11 rings (SSSR count). The van der Waals surface area contributed by atoms with E-state index in [1.54, 1.807) is 0 Å². The van der Waals surface area contributed by atoms with Crippen molar-refractivity contribution in [3.05, 3.63) is 182 Å². The van der Waals surface area contributed by atoms with Gasteiger partial charge in [0.15, 0.2) is 0 Å². The highest BCUT2D eigenvalue weighted by Crippen LogP contribution is 2.40. The first-order valence-corrected chi connectivity index (χ1v) is 17.7. The Morgan fingerprint density at radius 3 is 1.77 bits per heavy atom. The molecule has 4 nitrogen and oxygen atoms in total. The zero-order valence-corrected chi connectivity index (χ0v) is 28.1. The molecule has 52 heavy (non-hydrogen) atoms. The summed E-state index contributed by atoms with van der Waals surface area (Å²) in [7, 11) is 0. The van der Waals surface area contributed by atoms with E-state index < -0.39 is 0 Å². The maximum Gasteiger partial charge on any atom is 0.235 e. The first kappa shape index (κ1) is 28.8. The Balaban J connectivity index is 1.21. The Hall–Kier alpha value is -7.04. The lowest BCUT2D eigenvalue weighted by molar-refractivity contribution is 1.01. The lowest BCUT2D eigenvalue weighted by Gasteiger charge is -2.13. The number of fused-ring (bicyclic) bond motifs is 9. The molecule has 3 aromatic heterocycles. The van der Waals surface area contributed by atoms with E-state index in [2.05, 4.69) is 191 Å². The van der Waals surface area contributed by atoms with Crippen molar-refractivity contribution in [3.8, 4) is 34.0 Å². The van der Waals surface area contributed by atoms with Gasteiger partial charge in [-0.2, -0.15) is 0 Å². The molecule has 11 aromatic rings. The molecule has 0 fully saturated rings. The van der Waals surface area contributed by atoms with E-state index in [9.17, 15) is 0 Å². The summed E-state index contributed by atoms with van der Waals surface area (Å²) in [6.07, 6.45) is 0. The van der Waals surface area contributed by atoms with Crippen LogP contribution in [0.15, 0.2) is 182 Å². The largest absolute Gasteiger partial charge is 0.309 e. The van der Waals surface area contributed by atoms with Crippen molar-refractivity contribution in [1.29, 1.82) is 0 Å². The smallest absolute Gasteiger partial charge is 0.235 e. The molecule has 0 N–H and O–H groups in total. The van der Waals surface area contributed by atoms with Gasteiger partial charge in [-0.05, 0) is 70.4 Å². The molecule has 0 bridgehead atoms. The monoisotopic (exact) mass is 662 g/mol. The van der Waals surface area contributed by atoms with Crippen molar-refractivity contribution in [2.24, 2.45) is 0 Å². The maximum atomic E-state index is 5.43. The van der Waals surface area contributed by atoms with Crippen molar-refractivity contribution < 1.29 is 0 Å². The van der Waals surface area contributed by atoms with Crippen LogP contribution >= 0.6 is 0 Å². The number of hydrogen-bond acceptors (Lipinski definition) is 2. The molecule has 0 radical (unpaired) electrons. The van der Waals surface area contributed by atoms with Crippen LogP contribution in [0.5, 0.6) is 0 Å². The first-order valence-electron chi connectivity index (χ1n) is 17.7. The van der Waals surface area contributed by atoms with E-state index in [1.165, 1.54) is 43.5 Å². The maximum absolute atomic E-state index is 5.43. The SMILES string of the molecule is c1ccc(-c2cccc(-c3nc(-n4c5ccc(-n6c7ccccc7c7ccccc76)cc5c5c6ccccc6ccc54)nc4ccccc34)c2)cc1.